The first-order valence-electron chi connectivity index (χ1n) is 3.60. The number of halogens is 1. The zero-order valence-corrected chi connectivity index (χ0v) is 9.52. The number of thioether (sulfide) groups is 1. The Labute approximate surface area is 92.4 Å². The maximum atomic E-state index is 11.4. The Morgan fingerprint density at radius 3 is 3.23 bits per heavy atom. The van der Waals surface area contributed by atoms with Crippen LogP contribution in [0.15, 0.2) is 22.8 Å². The maximum Gasteiger partial charge on any atom is 0.236 e. The number of carbonyl (C=O) groups is 1. The van der Waals surface area contributed by atoms with E-state index < -0.39 is 0 Å². The molecule has 2 aromatic rings. The van der Waals surface area contributed by atoms with E-state index in [2.05, 4.69) is 27.6 Å². The Morgan fingerprint density at radius 2 is 2.54 bits per heavy atom. The van der Waals surface area contributed by atoms with Gasteiger partial charge in [0.15, 0.2) is 5.58 Å². The van der Waals surface area contributed by atoms with Crippen LogP contribution in [0.2, 0.25) is 0 Å². The van der Waals surface area contributed by atoms with Gasteiger partial charge in [-0.2, -0.15) is 0 Å². The third-order valence-corrected chi connectivity index (χ3v) is 3.17. The Hall–Kier alpha value is -0.430. The molecule has 0 amide bonds. The molecule has 0 unspecified atom stereocenters. The summed E-state index contributed by atoms with van der Waals surface area (Å²) in [5, 5.41) is 0.0563. The Balaban J connectivity index is 2.34. The Bertz CT molecular complexity index is 405. The number of fused-ring (bicyclic) bond motifs is 1. The van der Waals surface area contributed by atoms with Crippen molar-refractivity contribution in [1.29, 1.82) is 0 Å². The van der Waals surface area contributed by atoms with Crippen molar-refractivity contribution in [2.75, 3.05) is 3.76 Å². The molecule has 2 aromatic heterocycles. The summed E-state index contributed by atoms with van der Waals surface area (Å²) in [5.41, 5.74) is 2.21. The highest BCUT2D eigenvalue weighted by atomic mass is 127. The summed E-state index contributed by atoms with van der Waals surface area (Å²) >= 11 is 3.43. The molecule has 2 heterocycles. The molecule has 0 saturated heterocycles. The van der Waals surface area contributed by atoms with Gasteiger partial charge in [-0.05, 0) is 0 Å². The molecule has 68 valence electrons. The van der Waals surface area contributed by atoms with Crippen LogP contribution in [0.3, 0.4) is 0 Å². The van der Waals surface area contributed by atoms with Crippen molar-refractivity contribution >= 4 is 50.6 Å². The van der Waals surface area contributed by atoms with Crippen LogP contribution < -0.4 is 0 Å². The van der Waals surface area contributed by atoms with Crippen LogP contribution in [0.25, 0.3) is 11.1 Å². The predicted molar refractivity (Wildman–Crippen MR) is 61.4 cm³/mol. The molecule has 0 fully saturated rings. The average molecular weight is 307 g/mol. The number of hydrogen-bond donors (Lipinski definition) is 1. The maximum absolute atomic E-state index is 11.4. The molecular weight excluding hydrogens is 301 g/mol. The van der Waals surface area contributed by atoms with Gasteiger partial charge in [0.1, 0.15) is 0 Å². The van der Waals surface area contributed by atoms with E-state index in [-0.39, 0.29) is 5.12 Å². The first-order chi connectivity index (χ1) is 6.31. The van der Waals surface area contributed by atoms with Crippen molar-refractivity contribution in [3.8, 4) is 0 Å². The topological polar surface area (TPSA) is 46.0 Å². The summed E-state index contributed by atoms with van der Waals surface area (Å²) in [6.07, 6.45) is 1.60. The summed E-state index contributed by atoms with van der Waals surface area (Å²) in [5.74, 6) is 0. The molecule has 0 spiro atoms. The van der Waals surface area contributed by atoms with Crippen LogP contribution in [0.5, 0.6) is 0 Å². The highest BCUT2D eigenvalue weighted by molar-refractivity contribution is 14.1. The molecule has 0 aliphatic rings. The molecule has 0 radical (unpaired) electrons. The number of nitrogens with one attached hydrogen (secondary N) is 1. The quantitative estimate of drug-likeness (QED) is 0.685. The highest BCUT2D eigenvalue weighted by Gasteiger charge is 2.10. The smallest absolute Gasteiger partial charge is 0.236 e. The van der Waals surface area contributed by atoms with Gasteiger partial charge in [-0.25, -0.2) is 0 Å². The van der Waals surface area contributed by atoms with Gasteiger partial charge < -0.3 is 9.40 Å². The molecule has 0 atom stereocenters. The van der Waals surface area contributed by atoms with Gasteiger partial charge in [-0.15, -0.1) is 0 Å². The summed E-state index contributed by atoms with van der Waals surface area (Å²) in [6, 6.07) is 3.54. The van der Waals surface area contributed by atoms with Gasteiger partial charge in [0.2, 0.25) is 5.12 Å². The summed E-state index contributed by atoms with van der Waals surface area (Å²) in [4.78, 5) is 14.4. The van der Waals surface area contributed by atoms with E-state index >= 15 is 0 Å². The molecule has 0 bridgehead atoms. The van der Waals surface area contributed by atoms with E-state index in [0.29, 0.717) is 5.69 Å². The summed E-state index contributed by atoms with van der Waals surface area (Å²) in [7, 11) is 0. The first-order valence-corrected chi connectivity index (χ1v) is 6.11. The van der Waals surface area contributed by atoms with Gasteiger partial charge in [0.05, 0.1) is 21.2 Å². The third kappa shape index (κ3) is 1.76. The lowest BCUT2D eigenvalue weighted by Gasteiger charge is -1.91. The van der Waals surface area contributed by atoms with Crippen LogP contribution in [-0.2, 0) is 0 Å². The van der Waals surface area contributed by atoms with Crippen molar-refractivity contribution in [1.82, 2.24) is 4.98 Å². The van der Waals surface area contributed by atoms with E-state index in [1.54, 1.807) is 18.4 Å². The number of aromatic nitrogens is 1. The largest absolute Gasteiger partial charge is 0.463 e. The van der Waals surface area contributed by atoms with Gasteiger partial charge in [0, 0.05) is 12.1 Å². The van der Waals surface area contributed by atoms with Crippen LogP contribution in [0.4, 0.5) is 0 Å². The van der Waals surface area contributed by atoms with Gasteiger partial charge in [0.25, 0.3) is 0 Å². The molecule has 0 saturated carbocycles. The lowest BCUT2D eigenvalue weighted by Crippen LogP contribution is -1.92. The molecule has 2 rings (SSSR count). The van der Waals surface area contributed by atoms with E-state index in [0.717, 1.165) is 14.9 Å². The monoisotopic (exact) mass is 307 g/mol. The normalized spacial score (nSPS) is 10.8. The molecule has 5 heteroatoms. The molecule has 0 aliphatic carbocycles. The second-order valence-electron chi connectivity index (χ2n) is 2.42. The first kappa shape index (κ1) is 9.14. The van der Waals surface area contributed by atoms with Crippen LogP contribution in [-0.4, -0.2) is 13.9 Å². The fourth-order valence-electron chi connectivity index (χ4n) is 1.09. The number of carbonyl (C=O) groups excluding carboxylic acids is 1. The van der Waals surface area contributed by atoms with Crippen LogP contribution >= 0.6 is 34.4 Å². The molecule has 3 nitrogen and oxygen atoms in total. The number of rotatable bonds is 2. The minimum Gasteiger partial charge on any atom is -0.463 e. The lowest BCUT2D eigenvalue weighted by molar-refractivity contribution is 0.108. The number of hydrogen-bond acceptors (Lipinski definition) is 3. The van der Waals surface area contributed by atoms with Gasteiger partial charge >= 0.3 is 0 Å². The molecule has 13 heavy (non-hydrogen) atoms. The van der Waals surface area contributed by atoms with Crippen molar-refractivity contribution in [2.45, 2.75) is 0 Å². The zero-order valence-electron chi connectivity index (χ0n) is 6.54. The predicted octanol–water partition coefficient (Wildman–Crippen LogP) is 3.03. The molecule has 0 aromatic carbocycles. The second-order valence-corrected chi connectivity index (χ2v) is 5.17. The van der Waals surface area contributed by atoms with E-state index in [4.69, 9.17) is 4.42 Å². The third-order valence-electron chi connectivity index (χ3n) is 1.65. The molecule has 0 aliphatic heterocycles. The van der Waals surface area contributed by atoms with E-state index in [1.165, 1.54) is 11.8 Å². The molecular formula is C8H6INO2S. The Kier molecular flexibility index (Phi) is 2.63. The fourth-order valence-corrected chi connectivity index (χ4v) is 2.30. The second kappa shape index (κ2) is 3.75. The summed E-state index contributed by atoms with van der Waals surface area (Å²) in [6.45, 7) is 0. The van der Waals surface area contributed by atoms with Gasteiger partial charge in [-0.1, -0.05) is 34.4 Å². The summed E-state index contributed by atoms with van der Waals surface area (Å²) < 4.78 is 5.89. The minimum absolute atomic E-state index is 0.0563. The average Bonchev–Trinajstić information content (AvgIpc) is 2.61. The van der Waals surface area contributed by atoms with Crippen molar-refractivity contribution in [2.24, 2.45) is 0 Å². The minimum atomic E-state index is 0.0563. The number of aromatic amines is 1. The van der Waals surface area contributed by atoms with Crippen molar-refractivity contribution < 1.29 is 9.21 Å². The van der Waals surface area contributed by atoms with Gasteiger partial charge in [-0.3, -0.25) is 4.79 Å². The van der Waals surface area contributed by atoms with Crippen LogP contribution in [0, 0.1) is 0 Å². The zero-order chi connectivity index (χ0) is 9.26. The van der Waals surface area contributed by atoms with Crippen molar-refractivity contribution in [3.63, 3.8) is 0 Å². The standard InChI is InChI=1S/C8H6INO2S/c9-4-13-8(11)6-3-7-5(10-6)1-2-12-7/h1-3,10H,4H2. The highest BCUT2D eigenvalue weighted by Crippen LogP contribution is 2.20. The number of alkyl halides is 1. The fraction of sp³-hybridized carbons (Fsp3) is 0.125. The number of H-pyrrole nitrogens is 1. The van der Waals surface area contributed by atoms with E-state index in [9.17, 15) is 4.79 Å². The van der Waals surface area contributed by atoms with Crippen LogP contribution in [0.1, 0.15) is 10.5 Å². The van der Waals surface area contributed by atoms with Crippen molar-refractivity contribution in [3.05, 3.63) is 24.1 Å². The SMILES string of the molecule is O=C(SCI)c1cc2occc2[nH]1. The number of furan rings is 1. The lowest BCUT2D eigenvalue weighted by atomic mass is 10.4. The van der Waals surface area contributed by atoms with E-state index in [1.807, 2.05) is 0 Å². The molecule has 1 N–H and O–H groups in total. The Morgan fingerprint density at radius 1 is 1.69 bits per heavy atom.